The van der Waals surface area contributed by atoms with Crippen molar-refractivity contribution in [3.63, 3.8) is 0 Å². The summed E-state index contributed by atoms with van der Waals surface area (Å²) in [6, 6.07) is 13.7. The lowest BCUT2D eigenvalue weighted by Gasteiger charge is -2.18. The summed E-state index contributed by atoms with van der Waals surface area (Å²) in [6.45, 7) is 2.24. The third kappa shape index (κ3) is 4.07. The number of hydrogen-bond acceptors (Lipinski definition) is 5. The van der Waals surface area contributed by atoms with E-state index in [1.165, 1.54) is 4.90 Å². The van der Waals surface area contributed by atoms with Crippen molar-refractivity contribution in [2.24, 2.45) is 17.8 Å². The molecule has 0 unspecified atom stereocenters. The third-order valence-corrected chi connectivity index (χ3v) is 7.26. The highest BCUT2D eigenvalue weighted by molar-refractivity contribution is 9.10. The first kappa shape index (κ1) is 22.5. The molecule has 0 aromatic heterocycles. The zero-order valence-corrected chi connectivity index (χ0v) is 20.2. The van der Waals surface area contributed by atoms with Crippen molar-refractivity contribution < 1.29 is 23.9 Å². The second-order valence-corrected chi connectivity index (χ2v) is 9.93. The molecule has 3 atom stereocenters. The largest absolute Gasteiger partial charge is 0.426 e. The molecule has 174 valence electrons. The Morgan fingerprint density at radius 3 is 2.26 bits per heavy atom. The second-order valence-electron chi connectivity index (χ2n) is 9.01. The standard InChI is InChI=1S/C26H23BrN2O5/c1-15-2-11-21-22(12-15)25(32)29(24(21)31)19-7-9-20(10-8-19)34-26(33)16-13-23(30)28(14-16)18-5-3-17(27)4-6-18/h2-10,16,21-22H,11-14H2,1H3/t16-,21+,22-/m1/s1. The summed E-state index contributed by atoms with van der Waals surface area (Å²) in [5.74, 6) is -1.84. The lowest BCUT2D eigenvalue weighted by molar-refractivity contribution is -0.139. The molecule has 5 rings (SSSR count). The Morgan fingerprint density at radius 1 is 0.912 bits per heavy atom. The van der Waals surface area contributed by atoms with Crippen LogP contribution in [0.5, 0.6) is 5.75 Å². The minimum Gasteiger partial charge on any atom is -0.426 e. The fourth-order valence-corrected chi connectivity index (χ4v) is 5.16. The van der Waals surface area contributed by atoms with Gasteiger partial charge >= 0.3 is 5.97 Å². The van der Waals surface area contributed by atoms with Crippen LogP contribution in [0.2, 0.25) is 0 Å². The molecule has 2 aliphatic heterocycles. The van der Waals surface area contributed by atoms with E-state index in [1.807, 2.05) is 37.3 Å². The summed E-state index contributed by atoms with van der Waals surface area (Å²) in [7, 11) is 0. The lowest BCUT2D eigenvalue weighted by Crippen LogP contribution is -2.30. The van der Waals surface area contributed by atoms with Crippen LogP contribution in [-0.4, -0.2) is 30.2 Å². The van der Waals surface area contributed by atoms with Crippen LogP contribution in [0.15, 0.2) is 64.7 Å². The van der Waals surface area contributed by atoms with Gasteiger partial charge in [0.2, 0.25) is 17.7 Å². The van der Waals surface area contributed by atoms with Gasteiger partial charge in [-0.3, -0.25) is 24.1 Å². The van der Waals surface area contributed by atoms with Crippen molar-refractivity contribution in [2.75, 3.05) is 16.3 Å². The maximum atomic E-state index is 12.9. The molecule has 0 N–H and O–H groups in total. The van der Waals surface area contributed by atoms with Crippen molar-refractivity contribution in [2.45, 2.75) is 26.2 Å². The molecule has 2 aromatic carbocycles. The number of anilines is 2. The van der Waals surface area contributed by atoms with E-state index < -0.39 is 11.9 Å². The number of imide groups is 1. The zero-order chi connectivity index (χ0) is 24.0. The van der Waals surface area contributed by atoms with Crippen molar-refractivity contribution >= 4 is 51.0 Å². The van der Waals surface area contributed by atoms with E-state index in [-0.39, 0.29) is 42.5 Å². The van der Waals surface area contributed by atoms with Gasteiger partial charge in [0.25, 0.3) is 0 Å². The fourth-order valence-electron chi connectivity index (χ4n) is 4.89. The van der Waals surface area contributed by atoms with Gasteiger partial charge in [-0.1, -0.05) is 27.6 Å². The molecule has 34 heavy (non-hydrogen) atoms. The van der Waals surface area contributed by atoms with Gasteiger partial charge in [0.1, 0.15) is 5.75 Å². The number of benzene rings is 2. The predicted octanol–water partition coefficient (Wildman–Crippen LogP) is 4.25. The van der Waals surface area contributed by atoms with Crippen LogP contribution in [0.25, 0.3) is 0 Å². The summed E-state index contributed by atoms with van der Waals surface area (Å²) < 4.78 is 6.42. The minimum atomic E-state index is -0.573. The van der Waals surface area contributed by atoms with Crippen LogP contribution in [0.4, 0.5) is 11.4 Å². The Balaban J connectivity index is 1.24. The summed E-state index contributed by atoms with van der Waals surface area (Å²) in [4.78, 5) is 53.7. The fraction of sp³-hybridized carbons (Fsp3) is 0.308. The first-order chi connectivity index (χ1) is 16.3. The Morgan fingerprint density at radius 2 is 1.56 bits per heavy atom. The number of allylic oxidation sites excluding steroid dienone is 2. The smallest absolute Gasteiger partial charge is 0.316 e. The zero-order valence-electron chi connectivity index (χ0n) is 18.6. The first-order valence-electron chi connectivity index (χ1n) is 11.2. The van der Waals surface area contributed by atoms with Gasteiger partial charge in [-0.2, -0.15) is 0 Å². The van der Waals surface area contributed by atoms with Crippen molar-refractivity contribution in [3.05, 3.63) is 64.7 Å². The maximum absolute atomic E-state index is 12.9. The third-order valence-electron chi connectivity index (χ3n) is 6.73. The molecule has 3 amide bonds. The second kappa shape index (κ2) is 8.83. The maximum Gasteiger partial charge on any atom is 0.316 e. The SMILES string of the molecule is CC1=CC[C@@H]2C(=O)N(c3ccc(OC(=O)[C@@H]4CC(=O)N(c5ccc(Br)cc5)C4)cc3)C(=O)[C@@H]2C1. The molecule has 0 radical (unpaired) electrons. The van der Waals surface area contributed by atoms with Crippen LogP contribution in [0.3, 0.4) is 0 Å². The number of halogens is 1. The number of amides is 3. The highest BCUT2D eigenvalue weighted by Crippen LogP contribution is 2.40. The van der Waals surface area contributed by atoms with Crippen LogP contribution >= 0.6 is 15.9 Å². The van der Waals surface area contributed by atoms with Crippen molar-refractivity contribution in [1.82, 2.24) is 0 Å². The predicted molar refractivity (Wildman–Crippen MR) is 129 cm³/mol. The van der Waals surface area contributed by atoms with E-state index in [9.17, 15) is 19.2 Å². The number of ether oxygens (including phenoxy) is 1. The van der Waals surface area contributed by atoms with Crippen LogP contribution in [0, 0.1) is 17.8 Å². The van der Waals surface area contributed by atoms with Crippen LogP contribution in [0.1, 0.15) is 26.2 Å². The highest BCUT2D eigenvalue weighted by Gasteiger charge is 2.48. The Kier molecular flexibility index (Phi) is 5.85. The number of carbonyl (C=O) groups is 4. The topological polar surface area (TPSA) is 84.0 Å². The molecule has 2 heterocycles. The van der Waals surface area contributed by atoms with Gasteiger partial charge in [0.05, 0.1) is 23.4 Å². The normalized spacial score (nSPS) is 24.4. The lowest BCUT2D eigenvalue weighted by atomic mass is 9.82. The van der Waals surface area contributed by atoms with Crippen LogP contribution in [-0.2, 0) is 19.2 Å². The summed E-state index contributed by atoms with van der Waals surface area (Å²) in [6.07, 6.45) is 3.31. The van der Waals surface area contributed by atoms with E-state index in [1.54, 1.807) is 29.2 Å². The highest BCUT2D eigenvalue weighted by atomic mass is 79.9. The molecular formula is C26H23BrN2O5. The molecule has 0 saturated carbocycles. The molecular weight excluding hydrogens is 500 g/mol. The summed E-state index contributed by atoms with van der Waals surface area (Å²) >= 11 is 3.37. The van der Waals surface area contributed by atoms with E-state index in [4.69, 9.17) is 4.74 Å². The van der Waals surface area contributed by atoms with Crippen molar-refractivity contribution in [1.29, 1.82) is 0 Å². The minimum absolute atomic E-state index is 0.0833. The Bertz CT molecular complexity index is 1200. The Hall–Kier alpha value is -3.26. The molecule has 8 heteroatoms. The summed E-state index contributed by atoms with van der Waals surface area (Å²) in [5, 5.41) is 0. The molecule has 2 aromatic rings. The molecule has 1 aliphatic carbocycles. The molecule has 3 aliphatic rings. The van der Waals surface area contributed by atoms with Crippen molar-refractivity contribution in [3.8, 4) is 5.75 Å². The number of hydrogen-bond donors (Lipinski definition) is 0. The van der Waals surface area contributed by atoms with Gasteiger partial charge < -0.3 is 9.64 Å². The Labute approximate surface area is 205 Å². The molecule has 7 nitrogen and oxygen atoms in total. The molecule has 0 bridgehead atoms. The van der Waals surface area contributed by atoms with E-state index in [0.717, 1.165) is 15.7 Å². The van der Waals surface area contributed by atoms with Crippen LogP contribution < -0.4 is 14.5 Å². The molecule has 0 spiro atoms. The molecule has 2 saturated heterocycles. The molecule has 2 fully saturated rings. The first-order valence-corrected chi connectivity index (χ1v) is 12.0. The van der Waals surface area contributed by atoms with E-state index in [2.05, 4.69) is 15.9 Å². The van der Waals surface area contributed by atoms with Gasteiger partial charge in [-0.25, -0.2) is 0 Å². The van der Waals surface area contributed by atoms with E-state index >= 15 is 0 Å². The summed E-state index contributed by atoms with van der Waals surface area (Å²) in [5.41, 5.74) is 2.34. The van der Waals surface area contributed by atoms with Gasteiger partial charge in [0.15, 0.2) is 0 Å². The number of fused-ring (bicyclic) bond motifs is 1. The number of carbonyl (C=O) groups excluding carboxylic acids is 4. The quantitative estimate of drug-likeness (QED) is 0.259. The average Bonchev–Trinajstić information content (AvgIpc) is 3.32. The van der Waals surface area contributed by atoms with E-state index in [0.29, 0.717) is 24.3 Å². The average molecular weight is 523 g/mol. The van der Waals surface area contributed by atoms with Gasteiger partial charge in [-0.15, -0.1) is 0 Å². The monoisotopic (exact) mass is 522 g/mol. The number of esters is 1. The van der Waals surface area contributed by atoms with Gasteiger partial charge in [0, 0.05) is 23.1 Å². The number of nitrogens with zero attached hydrogens (tertiary/aromatic N) is 2. The number of rotatable bonds is 4. The van der Waals surface area contributed by atoms with Gasteiger partial charge in [-0.05, 0) is 68.3 Å².